The topological polar surface area (TPSA) is 63.2 Å². The van der Waals surface area contributed by atoms with Crippen LogP contribution < -0.4 is 10.8 Å². The van der Waals surface area contributed by atoms with Crippen LogP contribution in [0.1, 0.15) is 12.0 Å². The first-order valence-electron chi connectivity index (χ1n) is 6.75. The number of benzene rings is 1. The quantitative estimate of drug-likeness (QED) is 0.774. The molecule has 0 aliphatic heterocycles. The molecular weight excluding hydrogens is 337 g/mol. The summed E-state index contributed by atoms with van der Waals surface area (Å²) in [6, 6.07) is 10.4. The number of amides is 1. The van der Waals surface area contributed by atoms with Gasteiger partial charge < -0.3 is 5.32 Å². The van der Waals surface area contributed by atoms with E-state index < -0.39 is 0 Å². The second-order valence-electron chi connectivity index (χ2n) is 4.52. The van der Waals surface area contributed by atoms with Gasteiger partial charge in [-0.2, -0.15) is 0 Å². The predicted octanol–water partition coefficient (Wildman–Crippen LogP) is 3.91. The maximum Gasteiger partial charge on any atom is 0.229 e. The van der Waals surface area contributed by atoms with E-state index in [1.807, 2.05) is 0 Å². The van der Waals surface area contributed by atoms with Crippen molar-refractivity contribution in [3.05, 3.63) is 64.3 Å². The van der Waals surface area contributed by atoms with Crippen LogP contribution in [0.5, 0.6) is 0 Å². The third kappa shape index (κ3) is 5.25. The Morgan fingerprint density at radius 1 is 1.26 bits per heavy atom. The Labute approximate surface area is 144 Å². The van der Waals surface area contributed by atoms with Crippen LogP contribution in [0.2, 0.25) is 10.0 Å². The zero-order valence-electron chi connectivity index (χ0n) is 12.3. The number of pyridine rings is 1. The fourth-order valence-electron chi connectivity index (χ4n) is 1.82. The van der Waals surface area contributed by atoms with Gasteiger partial charge in [-0.15, -0.1) is 0 Å². The molecule has 0 saturated heterocycles. The number of nitrogens with one attached hydrogen (secondary N) is 2. The molecule has 120 valence electrons. The monoisotopic (exact) mass is 351 g/mol. The zero-order valence-corrected chi connectivity index (χ0v) is 13.9. The van der Waals surface area contributed by atoms with Gasteiger partial charge in [0.1, 0.15) is 5.82 Å². The molecule has 1 aromatic heterocycles. The fourth-order valence-corrected chi connectivity index (χ4v) is 2.12. The van der Waals surface area contributed by atoms with Crippen LogP contribution in [0.25, 0.3) is 5.70 Å². The van der Waals surface area contributed by atoms with Gasteiger partial charge in [-0.3, -0.25) is 15.1 Å². The molecule has 0 spiro atoms. The van der Waals surface area contributed by atoms with Crippen molar-refractivity contribution in [1.82, 2.24) is 10.5 Å². The SMILES string of the molecule is CON/C(=C\CC(=O)Nc1ccccn1)c1ccc(Cl)c(Cl)c1. The summed E-state index contributed by atoms with van der Waals surface area (Å²) < 4.78 is 0. The van der Waals surface area contributed by atoms with Crippen molar-refractivity contribution in [2.75, 3.05) is 12.4 Å². The van der Waals surface area contributed by atoms with Gasteiger partial charge in [0, 0.05) is 18.2 Å². The molecule has 23 heavy (non-hydrogen) atoms. The summed E-state index contributed by atoms with van der Waals surface area (Å²) in [6.07, 6.45) is 3.45. The Morgan fingerprint density at radius 2 is 2.09 bits per heavy atom. The van der Waals surface area contributed by atoms with Crippen LogP contribution in [0, 0.1) is 0 Å². The van der Waals surface area contributed by atoms with E-state index in [0.29, 0.717) is 21.6 Å². The van der Waals surface area contributed by atoms with E-state index >= 15 is 0 Å². The summed E-state index contributed by atoms with van der Waals surface area (Å²) in [5.74, 6) is 0.306. The third-order valence-electron chi connectivity index (χ3n) is 2.87. The number of anilines is 1. The molecule has 7 heteroatoms. The van der Waals surface area contributed by atoms with Gasteiger partial charge in [-0.05, 0) is 30.3 Å². The summed E-state index contributed by atoms with van der Waals surface area (Å²) in [5, 5.41) is 3.58. The minimum atomic E-state index is -0.195. The average molecular weight is 352 g/mol. The van der Waals surface area contributed by atoms with E-state index in [1.165, 1.54) is 7.11 Å². The molecule has 0 aliphatic rings. The lowest BCUT2D eigenvalue weighted by molar-refractivity contribution is -0.115. The van der Waals surface area contributed by atoms with Gasteiger partial charge in [-0.1, -0.05) is 35.3 Å². The van der Waals surface area contributed by atoms with Gasteiger partial charge in [0.2, 0.25) is 5.91 Å². The molecule has 0 fully saturated rings. The van der Waals surface area contributed by atoms with E-state index in [9.17, 15) is 4.79 Å². The minimum Gasteiger partial charge on any atom is -0.310 e. The molecule has 2 rings (SSSR count). The number of nitrogens with zero attached hydrogens (tertiary/aromatic N) is 1. The van der Waals surface area contributed by atoms with Crippen molar-refractivity contribution < 1.29 is 9.63 Å². The summed E-state index contributed by atoms with van der Waals surface area (Å²) in [4.78, 5) is 20.9. The summed E-state index contributed by atoms with van der Waals surface area (Å²) in [6.45, 7) is 0. The van der Waals surface area contributed by atoms with E-state index in [-0.39, 0.29) is 12.3 Å². The Balaban J connectivity index is 2.09. The molecule has 0 atom stereocenters. The molecule has 2 aromatic rings. The van der Waals surface area contributed by atoms with Crippen LogP contribution >= 0.6 is 23.2 Å². The van der Waals surface area contributed by atoms with Gasteiger partial charge in [0.05, 0.1) is 22.9 Å². The third-order valence-corrected chi connectivity index (χ3v) is 3.61. The molecule has 0 bridgehead atoms. The number of aromatic nitrogens is 1. The lowest BCUT2D eigenvalue weighted by Crippen LogP contribution is -2.14. The van der Waals surface area contributed by atoms with Gasteiger partial charge in [0.25, 0.3) is 0 Å². The van der Waals surface area contributed by atoms with Gasteiger partial charge in [0.15, 0.2) is 0 Å². The number of hydrogen-bond acceptors (Lipinski definition) is 4. The molecule has 0 radical (unpaired) electrons. The molecule has 0 unspecified atom stereocenters. The molecule has 2 N–H and O–H groups in total. The van der Waals surface area contributed by atoms with Crippen LogP contribution in [0.3, 0.4) is 0 Å². The first-order valence-corrected chi connectivity index (χ1v) is 7.51. The maximum atomic E-state index is 12.0. The van der Waals surface area contributed by atoms with E-state index in [0.717, 1.165) is 5.56 Å². The van der Waals surface area contributed by atoms with E-state index in [2.05, 4.69) is 15.8 Å². The molecule has 1 aromatic carbocycles. The Kier molecular flexibility index (Phi) is 6.40. The summed E-state index contributed by atoms with van der Waals surface area (Å²) in [5.41, 5.74) is 4.10. The highest BCUT2D eigenvalue weighted by molar-refractivity contribution is 6.42. The normalized spacial score (nSPS) is 11.2. The second-order valence-corrected chi connectivity index (χ2v) is 5.33. The number of carbonyl (C=O) groups excluding carboxylic acids is 1. The van der Waals surface area contributed by atoms with Crippen LogP contribution in [0.15, 0.2) is 48.7 Å². The smallest absolute Gasteiger partial charge is 0.229 e. The fraction of sp³-hybridized carbons (Fsp3) is 0.125. The second kappa shape index (κ2) is 8.53. The predicted molar refractivity (Wildman–Crippen MR) is 92.1 cm³/mol. The standard InChI is InChI=1S/C16H15Cl2N3O2/c1-23-21-14(11-5-6-12(17)13(18)10-11)7-8-16(22)20-15-4-2-3-9-19-15/h2-7,9-10,21H,8H2,1H3,(H,19,20,22)/b14-7-. The van der Waals surface area contributed by atoms with Crippen molar-refractivity contribution in [3.63, 3.8) is 0 Å². The lowest BCUT2D eigenvalue weighted by Gasteiger charge is -2.10. The largest absolute Gasteiger partial charge is 0.310 e. The number of halogens is 2. The Bertz CT molecular complexity index is 706. The minimum absolute atomic E-state index is 0.141. The van der Waals surface area contributed by atoms with Crippen molar-refractivity contribution in [2.45, 2.75) is 6.42 Å². The van der Waals surface area contributed by atoms with Crippen LogP contribution in [-0.2, 0) is 9.63 Å². The summed E-state index contributed by atoms with van der Waals surface area (Å²) >= 11 is 11.9. The van der Waals surface area contributed by atoms with E-state index in [4.69, 9.17) is 28.0 Å². The highest BCUT2D eigenvalue weighted by atomic mass is 35.5. The van der Waals surface area contributed by atoms with Crippen molar-refractivity contribution in [2.24, 2.45) is 0 Å². The van der Waals surface area contributed by atoms with Gasteiger partial charge >= 0.3 is 0 Å². The molecule has 0 saturated carbocycles. The lowest BCUT2D eigenvalue weighted by atomic mass is 10.1. The number of rotatable bonds is 6. The number of hydroxylamine groups is 1. The van der Waals surface area contributed by atoms with Gasteiger partial charge in [-0.25, -0.2) is 4.98 Å². The zero-order chi connectivity index (χ0) is 16.7. The first kappa shape index (κ1) is 17.3. The highest BCUT2D eigenvalue weighted by Crippen LogP contribution is 2.25. The first-order chi connectivity index (χ1) is 11.1. The average Bonchev–Trinajstić information content (AvgIpc) is 2.55. The highest BCUT2D eigenvalue weighted by Gasteiger charge is 2.07. The number of hydrogen-bond donors (Lipinski definition) is 2. The molecular formula is C16H15Cl2N3O2. The van der Waals surface area contributed by atoms with Crippen molar-refractivity contribution in [3.8, 4) is 0 Å². The molecule has 0 aliphatic carbocycles. The summed E-state index contributed by atoms with van der Waals surface area (Å²) in [7, 11) is 1.49. The molecule has 1 amide bonds. The molecule has 1 heterocycles. The van der Waals surface area contributed by atoms with E-state index in [1.54, 1.807) is 48.7 Å². The van der Waals surface area contributed by atoms with Crippen molar-refractivity contribution >= 4 is 40.6 Å². The van der Waals surface area contributed by atoms with Crippen LogP contribution in [-0.4, -0.2) is 18.0 Å². The van der Waals surface area contributed by atoms with Crippen LogP contribution in [0.4, 0.5) is 5.82 Å². The molecule has 5 nitrogen and oxygen atoms in total. The Hall–Kier alpha value is -2.08. The maximum absolute atomic E-state index is 12.0. The Morgan fingerprint density at radius 3 is 2.74 bits per heavy atom. The number of carbonyl (C=O) groups is 1. The van der Waals surface area contributed by atoms with Crippen molar-refractivity contribution in [1.29, 1.82) is 0 Å².